The van der Waals surface area contributed by atoms with Crippen LogP contribution in [0.5, 0.6) is 0 Å². The molecule has 8 heavy (non-hydrogen) atoms. The van der Waals surface area contributed by atoms with E-state index in [0.29, 0.717) is 6.42 Å². The van der Waals surface area contributed by atoms with E-state index in [1.807, 2.05) is 6.92 Å². The Bertz CT molecular complexity index is 99.8. The number of carbonyl (C=O) groups excluding carboxylic acids is 1. The minimum atomic E-state index is -0.253. The first kappa shape index (κ1) is 5.56. The Morgan fingerprint density at radius 3 is 2.88 bits per heavy atom. The van der Waals surface area contributed by atoms with Crippen LogP contribution in [0.25, 0.3) is 0 Å². The van der Waals surface area contributed by atoms with Crippen molar-refractivity contribution in [1.29, 1.82) is 0 Å². The summed E-state index contributed by atoms with van der Waals surface area (Å²) < 4.78 is 0. The molecule has 1 aliphatic rings. The highest BCUT2D eigenvalue weighted by Crippen LogP contribution is 2.12. The third kappa shape index (κ3) is 0.980. The standard InChI is InChI=1S/C5H8O3/c1-2-4-3-5(6)8-7-4/h4H,2-3H2,1H3. The molecule has 1 saturated heterocycles. The van der Waals surface area contributed by atoms with Crippen molar-refractivity contribution >= 4 is 5.97 Å². The monoisotopic (exact) mass is 116 g/mol. The summed E-state index contributed by atoms with van der Waals surface area (Å²) in [7, 11) is 0. The molecule has 46 valence electrons. The molecule has 1 unspecified atom stereocenters. The molecule has 0 aliphatic carbocycles. The smallest absolute Gasteiger partial charge is 0.298 e. The highest BCUT2D eigenvalue weighted by molar-refractivity contribution is 5.70. The molecule has 0 spiro atoms. The minimum absolute atomic E-state index is 0.00231. The number of hydrogen-bond acceptors (Lipinski definition) is 3. The molecule has 1 aliphatic heterocycles. The van der Waals surface area contributed by atoms with Gasteiger partial charge in [0.15, 0.2) is 0 Å². The van der Waals surface area contributed by atoms with Crippen LogP contribution in [0.15, 0.2) is 0 Å². The van der Waals surface area contributed by atoms with Crippen LogP contribution in [-0.4, -0.2) is 12.1 Å². The van der Waals surface area contributed by atoms with Crippen LogP contribution in [0.1, 0.15) is 19.8 Å². The van der Waals surface area contributed by atoms with E-state index in [0.717, 1.165) is 6.42 Å². The summed E-state index contributed by atoms with van der Waals surface area (Å²) in [6, 6.07) is 0. The SMILES string of the molecule is CCC1CC(=O)OO1. The van der Waals surface area contributed by atoms with Crippen molar-refractivity contribution in [2.45, 2.75) is 25.9 Å². The van der Waals surface area contributed by atoms with Crippen LogP contribution in [0.2, 0.25) is 0 Å². The van der Waals surface area contributed by atoms with Crippen molar-refractivity contribution in [3.8, 4) is 0 Å². The van der Waals surface area contributed by atoms with E-state index in [2.05, 4.69) is 9.78 Å². The normalized spacial score (nSPS) is 28.1. The van der Waals surface area contributed by atoms with E-state index in [-0.39, 0.29) is 12.1 Å². The summed E-state index contributed by atoms with van der Waals surface area (Å²) in [5.74, 6) is -0.253. The maximum absolute atomic E-state index is 10.3. The van der Waals surface area contributed by atoms with Gasteiger partial charge in [0.05, 0.1) is 6.42 Å². The Hall–Kier alpha value is -0.570. The Morgan fingerprint density at radius 1 is 1.88 bits per heavy atom. The molecule has 3 heteroatoms. The molecular weight excluding hydrogens is 108 g/mol. The van der Waals surface area contributed by atoms with Gasteiger partial charge in [0.25, 0.3) is 0 Å². The molecule has 0 saturated carbocycles. The van der Waals surface area contributed by atoms with Gasteiger partial charge in [-0.1, -0.05) is 6.92 Å². The van der Waals surface area contributed by atoms with Crippen LogP contribution >= 0.6 is 0 Å². The maximum atomic E-state index is 10.3. The lowest BCUT2D eigenvalue weighted by Crippen LogP contribution is -2.00. The Morgan fingerprint density at radius 2 is 2.62 bits per heavy atom. The van der Waals surface area contributed by atoms with E-state index >= 15 is 0 Å². The van der Waals surface area contributed by atoms with Crippen molar-refractivity contribution in [3.05, 3.63) is 0 Å². The molecule has 3 nitrogen and oxygen atoms in total. The first-order valence-electron chi connectivity index (χ1n) is 2.69. The molecule has 0 N–H and O–H groups in total. The van der Waals surface area contributed by atoms with Crippen LogP contribution in [-0.2, 0) is 14.6 Å². The van der Waals surface area contributed by atoms with Crippen LogP contribution < -0.4 is 0 Å². The van der Waals surface area contributed by atoms with Gasteiger partial charge in [0.2, 0.25) is 0 Å². The van der Waals surface area contributed by atoms with Gasteiger partial charge in [-0.3, -0.25) is 4.89 Å². The molecule has 1 heterocycles. The van der Waals surface area contributed by atoms with E-state index in [4.69, 9.17) is 0 Å². The zero-order chi connectivity index (χ0) is 5.98. The number of carbonyl (C=O) groups is 1. The van der Waals surface area contributed by atoms with Crippen LogP contribution in [0, 0.1) is 0 Å². The Kier molecular flexibility index (Phi) is 1.48. The van der Waals surface area contributed by atoms with Gasteiger partial charge in [-0.2, -0.15) is 4.89 Å². The fourth-order valence-electron chi connectivity index (χ4n) is 0.588. The molecule has 1 rings (SSSR count). The molecule has 0 aromatic carbocycles. The van der Waals surface area contributed by atoms with Gasteiger partial charge in [0.1, 0.15) is 6.10 Å². The molecule has 1 atom stereocenters. The fraction of sp³-hybridized carbons (Fsp3) is 0.800. The van der Waals surface area contributed by atoms with E-state index in [1.165, 1.54) is 0 Å². The predicted molar refractivity (Wildman–Crippen MR) is 25.9 cm³/mol. The average molecular weight is 116 g/mol. The second-order valence-corrected chi connectivity index (χ2v) is 1.79. The first-order valence-corrected chi connectivity index (χ1v) is 2.69. The van der Waals surface area contributed by atoms with Crippen molar-refractivity contribution in [2.24, 2.45) is 0 Å². The zero-order valence-electron chi connectivity index (χ0n) is 4.72. The summed E-state index contributed by atoms with van der Waals surface area (Å²) in [5.41, 5.74) is 0. The summed E-state index contributed by atoms with van der Waals surface area (Å²) >= 11 is 0. The minimum Gasteiger partial charge on any atom is -0.298 e. The molecule has 0 aromatic rings. The number of rotatable bonds is 1. The van der Waals surface area contributed by atoms with Crippen molar-refractivity contribution in [1.82, 2.24) is 0 Å². The molecule has 0 radical (unpaired) electrons. The average Bonchev–Trinajstić information content (AvgIpc) is 2.14. The molecule has 0 bridgehead atoms. The summed E-state index contributed by atoms with van der Waals surface area (Å²) in [4.78, 5) is 19.0. The Balaban J connectivity index is 2.32. The second kappa shape index (κ2) is 2.13. The third-order valence-corrected chi connectivity index (χ3v) is 1.13. The topological polar surface area (TPSA) is 35.5 Å². The fourth-order valence-corrected chi connectivity index (χ4v) is 0.588. The van der Waals surface area contributed by atoms with Crippen molar-refractivity contribution in [3.63, 3.8) is 0 Å². The summed E-state index contributed by atoms with van der Waals surface area (Å²) in [5, 5.41) is 0. The summed E-state index contributed by atoms with van der Waals surface area (Å²) in [6.07, 6.45) is 1.25. The van der Waals surface area contributed by atoms with Gasteiger partial charge in [-0.15, -0.1) is 0 Å². The second-order valence-electron chi connectivity index (χ2n) is 1.79. The quantitative estimate of drug-likeness (QED) is 0.472. The zero-order valence-corrected chi connectivity index (χ0v) is 4.72. The highest BCUT2D eigenvalue weighted by Gasteiger charge is 2.23. The van der Waals surface area contributed by atoms with Crippen LogP contribution in [0.3, 0.4) is 0 Å². The highest BCUT2D eigenvalue weighted by atomic mass is 17.2. The van der Waals surface area contributed by atoms with Gasteiger partial charge >= 0.3 is 5.97 Å². The molecule has 0 amide bonds. The van der Waals surface area contributed by atoms with E-state index in [1.54, 1.807) is 0 Å². The maximum Gasteiger partial charge on any atom is 0.345 e. The van der Waals surface area contributed by atoms with Crippen molar-refractivity contribution < 1.29 is 14.6 Å². The van der Waals surface area contributed by atoms with Gasteiger partial charge < -0.3 is 0 Å². The van der Waals surface area contributed by atoms with Gasteiger partial charge in [0, 0.05) is 0 Å². The van der Waals surface area contributed by atoms with Crippen LogP contribution in [0.4, 0.5) is 0 Å². The lowest BCUT2D eigenvalue weighted by molar-refractivity contribution is -0.261. The lowest BCUT2D eigenvalue weighted by atomic mass is 10.2. The van der Waals surface area contributed by atoms with Gasteiger partial charge in [-0.05, 0) is 6.42 Å². The van der Waals surface area contributed by atoms with E-state index < -0.39 is 0 Å². The lowest BCUT2D eigenvalue weighted by Gasteiger charge is -1.95. The largest absolute Gasteiger partial charge is 0.345 e. The Labute approximate surface area is 47.5 Å². The van der Waals surface area contributed by atoms with Crippen molar-refractivity contribution in [2.75, 3.05) is 0 Å². The predicted octanol–water partition coefficient (Wildman–Crippen LogP) is 0.643. The van der Waals surface area contributed by atoms with Gasteiger partial charge in [-0.25, -0.2) is 4.79 Å². The molecule has 0 aromatic heterocycles. The number of hydrogen-bond donors (Lipinski definition) is 0. The third-order valence-electron chi connectivity index (χ3n) is 1.13. The summed E-state index contributed by atoms with van der Waals surface area (Å²) in [6.45, 7) is 1.95. The first-order chi connectivity index (χ1) is 3.83. The molecule has 1 fully saturated rings. The van der Waals surface area contributed by atoms with E-state index in [9.17, 15) is 4.79 Å². The molecular formula is C5H8O3.